The van der Waals surface area contributed by atoms with Gasteiger partial charge < -0.3 is 4.74 Å². The van der Waals surface area contributed by atoms with Gasteiger partial charge in [-0.25, -0.2) is 4.98 Å². The van der Waals surface area contributed by atoms with Crippen LogP contribution in [0.2, 0.25) is 0 Å². The van der Waals surface area contributed by atoms with Crippen molar-refractivity contribution in [2.45, 2.75) is 18.9 Å². The van der Waals surface area contributed by atoms with E-state index in [0.717, 1.165) is 22.9 Å². The number of pyridine rings is 1. The van der Waals surface area contributed by atoms with Gasteiger partial charge in [-0.1, -0.05) is 6.07 Å². The quantitative estimate of drug-likeness (QED) is 0.779. The predicted octanol–water partition coefficient (Wildman–Crippen LogP) is 2.32. The second-order valence-electron chi connectivity index (χ2n) is 4.59. The summed E-state index contributed by atoms with van der Waals surface area (Å²) in [4.78, 5) is 6.82. The van der Waals surface area contributed by atoms with Gasteiger partial charge in [0.2, 0.25) is 5.88 Å². The number of rotatable bonds is 2. The van der Waals surface area contributed by atoms with Gasteiger partial charge in [0.25, 0.3) is 0 Å². The normalized spacial score (nSPS) is 32.7. The van der Waals surface area contributed by atoms with Gasteiger partial charge in [0, 0.05) is 12.6 Å². The largest absolute Gasteiger partial charge is 0.473 e. The fourth-order valence-corrected chi connectivity index (χ4v) is 2.98. The lowest BCUT2D eigenvalue weighted by Crippen LogP contribution is -2.52. The van der Waals surface area contributed by atoms with E-state index in [1.807, 2.05) is 18.2 Å². The monoisotopic (exact) mass is 282 g/mol. The van der Waals surface area contributed by atoms with Crippen LogP contribution in [0.3, 0.4) is 0 Å². The van der Waals surface area contributed by atoms with Crippen LogP contribution in [0, 0.1) is 5.92 Å². The summed E-state index contributed by atoms with van der Waals surface area (Å²) in [5.74, 6) is 1.47. The zero-order valence-corrected chi connectivity index (χ0v) is 10.7. The highest BCUT2D eigenvalue weighted by molar-refractivity contribution is 9.10. The van der Waals surface area contributed by atoms with Crippen molar-refractivity contribution in [1.29, 1.82) is 0 Å². The van der Waals surface area contributed by atoms with E-state index in [9.17, 15) is 0 Å². The summed E-state index contributed by atoms with van der Waals surface area (Å²) in [6.07, 6.45) is 2.89. The molecule has 3 nitrogen and oxygen atoms in total. The summed E-state index contributed by atoms with van der Waals surface area (Å²) in [6, 6.07) is 5.82. The smallest absolute Gasteiger partial charge is 0.214 e. The molecule has 0 radical (unpaired) electrons. The minimum atomic E-state index is 0.337. The van der Waals surface area contributed by atoms with Gasteiger partial charge >= 0.3 is 0 Å². The molecule has 0 spiro atoms. The molecule has 2 bridgehead atoms. The van der Waals surface area contributed by atoms with Gasteiger partial charge in [-0.3, -0.25) is 4.90 Å². The number of ether oxygens (including phenoxy) is 1. The maximum absolute atomic E-state index is 5.99. The van der Waals surface area contributed by atoms with Crippen molar-refractivity contribution in [3.63, 3.8) is 0 Å². The predicted molar refractivity (Wildman–Crippen MR) is 65.5 cm³/mol. The Morgan fingerprint density at radius 1 is 1.31 bits per heavy atom. The van der Waals surface area contributed by atoms with Crippen molar-refractivity contribution in [3.05, 3.63) is 22.8 Å². The Labute approximate surface area is 104 Å². The SMILES string of the molecule is Brc1cccc(O[C@H]2CN3CCC2CC3)n1. The van der Waals surface area contributed by atoms with Gasteiger partial charge in [0.15, 0.2) is 0 Å². The number of halogens is 1. The van der Waals surface area contributed by atoms with Crippen LogP contribution >= 0.6 is 15.9 Å². The minimum absolute atomic E-state index is 0.337. The summed E-state index contributed by atoms with van der Waals surface area (Å²) >= 11 is 3.37. The molecule has 3 saturated heterocycles. The van der Waals surface area contributed by atoms with Crippen molar-refractivity contribution >= 4 is 15.9 Å². The molecule has 0 amide bonds. The molecule has 4 heteroatoms. The summed E-state index contributed by atoms with van der Waals surface area (Å²) in [5.41, 5.74) is 0. The Hall–Kier alpha value is -0.610. The van der Waals surface area contributed by atoms with E-state index in [0.29, 0.717) is 6.10 Å². The Kier molecular flexibility index (Phi) is 2.86. The highest BCUT2D eigenvalue weighted by Crippen LogP contribution is 2.30. The maximum Gasteiger partial charge on any atom is 0.214 e. The lowest BCUT2D eigenvalue weighted by atomic mass is 9.86. The lowest BCUT2D eigenvalue weighted by molar-refractivity contribution is -0.00999. The Morgan fingerprint density at radius 2 is 2.12 bits per heavy atom. The number of nitrogens with zero attached hydrogens (tertiary/aromatic N) is 2. The molecule has 4 rings (SSSR count). The summed E-state index contributed by atoms with van der Waals surface area (Å²) < 4.78 is 6.83. The van der Waals surface area contributed by atoms with Crippen molar-refractivity contribution in [2.75, 3.05) is 19.6 Å². The lowest BCUT2D eigenvalue weighted by Gasteiger charge is -2.44. The van der Waals surface area contributed by atoms with Gasteiger partial charge in [-0.05, 0) is 53.8 Å². The molecule has 1 aromatic rings. The molecule has 0 aromatic carbocycles. The third-order valence-electron chi connectivity index (χ3n) is 3.56. The fraction of sp³-hybridized carbons (Fsp3) is 0.583. The molecule has 0 aliphatic carbocycles. The van der Waals surface area contributed by atoms with Crippen molar-refractivity contribution in [2.24, 2.45) is 5.92 Å². The van der Waals surface area contributed by atoms with Crippen LogP contribution in [0.15, 0.2) is 22.8 Å². The number of aromatic nitrogens is 1. The standard InChI is InChI=1S/C12H15BrN2O/c13-11-2-1-3-12(14-11)16-10-8-15-6-4-9(10)5-7-15/h1-3,9-10H,4-8H2/t10-/m0/s1. The number of hydrogen-bond acceptors (Lipinski definition) is 3. The zero-order chi connectivity index (χ0) is 11.0. The van der Waals surface area contributed by atoms with Crippen molar-refractivity contribution in [1.82, 2.24) is 9.88 Å². The summed E-state index contributed by atoms with van der Waals surface area (Å²) in [6.45, 7) is 3.56. The highest BCUT2D eigenvalue weighted by atomic mass is 79.9. The van der Waals surface area contributed by atoms with Gasteiger partial charge in [-0.2, -0.15) is 0 Å². The molecule has 3 aliphatic heterocycles. The molecule has 0 saturated carbocycles. The van der Waals surface area contributed by atoms with E-state index in [1.165, 1.54) is 25.9 Å². The zero-order valence-electron chi connectivity index (χ0n) is 9.10. The number of fused-ring (bicyclic) bond motifs is 3. The van der Waals surface area contributed by atoms with Crippen LogP contribution in [0.25, 0.3) is 0 Å². The van der Waals surface area contributed by atoms with Crippen LogP contribution < -0.4 is 4.74 Å². The first kappa shape index (κ1) is 10.5. The Balaban J connectivity index is 1.71. The van der Waals surface area contributed by atoms with Crippen LogP contribution in [-0.2, 0) is 0 Å². The molecule has 86 valence electrons. The molecule has 16 heavy (non-hydrogen) atoms. The average Bonchev–Trinajstić information content (AvgIpc) is 2.30. The van der Waals surface area contributed by atoms with Crippen molar-refractivity contribution < 1.29 is 4.74 Å². The minimum Gasteiger partial charge on any atom is -0.473 e. The van der Waals surface area contributed by atoms with Gasteiger partial charge in [0.1, 0.15) is 10.7 Å². The first-order chi connectivity index (χ1) is 7.81. The first-order valence-electron chi connectivity index (χ1n) is 5.83. The van der Waals surface area contributed by atoms with E-state index in [4.69, 9.17) is 4.74 Å². The molecule has 1 aromatic heterocycles. The second-order valence-corrected chi connectivity index (χ2v) is 5.41. The third kappa shape index (κ3) is 2.09. The second kappa shape index (κ2) is 4.34. The van der Waals surface area contributed by atoms with Crippen LogP contribution in [0.5, 0.6) is 5.88 Å². The molecule has 1 atom stereocenters. The molecule has 0 N–H and O–H groups in total. The Bertz CT molecular complexity index is 377. The van der Waals surface area contributed by atoms with E-state index >= 15 is 0 Å². The summed E-state index contributed by atoms with van der Waals surface area (Å²) in [7, 11) is 0. The first-order valence-corrected chi connectivity index (χ1v) is 6.62. The van der Waals surface area contributed by atoms with Gasteiger partial charge in [-0.15, -0.1) is 0 Å². The molecule has 3 fully saturated rings. The van der Waals surface area contributed by atoms with E-state index in [-0.39, 0.29) is 0 Å². The molecular formula is C12H15BrN2O. The van der Waals surface area contributed by atoms with E-state index in [2.05, 4.69) is 25.8 Å². The molecule has 4 heterocycles. The average molecular weight is 283 g/mol. The fourth-order valence-electron chi connectivity index (χ4n) is 2.65. The van der Waals surface area contributed by atoms with E-state index < -0.39 is 0 Å². The molecular weight excluding hydrogens is 268 g/mol. The topological polar surface area (TPSA) is 25.4 Å². The molecule has 3 aliphatic rings. The number of piperidine rings is 3. The van der Waals surface area contributed by atoms with Crippen LogP contribution in [-0.4, -0.2) is 35.6 Å². The van der Waals surface area contributed by atoms with Gasteiger partial charge in [0.05, 0.1) is 0 Å². The van der Waals surface area contributed by atoms with E-state index in [1.54, 1.807) is 0 Å². The highest BCUT2D eigenvalue weighted by Gasteiger charge is 2.35. The van der Waals surface area contributed by atoms with Crippen molar-refractivity contribution in [3.8, 4) is 5.88 Å². The third-order valence-corrected chi connectivity index (χ3v) is 4.00. The Morgan fingerprint density at radius 3 is 2.75 bits per heavy atom. The summed E-state index contributed by atoms with van der Waals surface area (Å²) in [5, 5.41) is 0. The number of hydrogen-bond donors (Lipinski definition) is 0. The maximum atomic E-state index is 5.99. The van der Waals surface area contributed by atoms with Crippen LogP contribution in [0.1, 0.15) is 12.8 Å². The molecule has 0 unspecified atom stereocenters. The van der Waals surface area contributed by atoms with Crippen LogP contribution in [0.4, 0.5) is 0 Å².